The van der Waals surface area contributed by atoms with Gasteiger partial charge >= 0.3 is 0 Å². The van der Waals surface area contributed by atoms with E-state index in [-0.39, 0.29) is 17.6 Å². The van der Waals surface area contributed by atoms with Crippen LogP contribution in [0.15, 0.2) is 36.4 Å². The molecule has 0 radical (unpaired) electrons. The molecule has 3 rings (SSSR count). The number of amides is 2. The monoisotopic (exact) mass is 514 g/mol. The van der Waals surface area contributed by atoms with E-state index in [9.17, 15) is 9.59 Å². The third-order valence-electron chi connectivity index (χ3n) is 4.76. The van der Waals surface area contributed by atoms with Crippen LogP contribution in [0, 0.1) is 0 Å². The van der Waals surface area contributed by atoms with E-state index in [1.165, 1.54) is 6.07 Å². The zero-order chi connectivity index (χ0) is 23.3. The number of benzene rings is 2. The summed E-state index contributed by atoms with van der Waals surface area (Å²) in [5, 5.41) is 6.49. The van der Waals surface area contributed by atoms with E-state index in [1.54, 1.807) is 35.2 Å². The van der Waals surface area contributed by atoms with Gasteiger partial charge in [0, 0.05) is 36.8 Å². The summed E-state index contributed by atoms with van der Waals surface area (Å²) in [5.41, 5.74) is 0.898. The molecule has 0 aromatic heterocycles. The Labute approximate surface area is 206 Å². The fourth-order valence-corrected chi connectivity index (χ4v) is 3.85. The fraction of sp³-hybridized carbons (Fsp3) is 0.286. The quantitative estimate of drug-likeness (QED) is 0.588. The van der Waals surface area contributed by atoms with Gasteiger partial charge in [-0.2, -0.15) is 0 Å². The maximum atomic E-state index is 12.8. The van der Waals surface area contributed by atoms with Crippen LogP contribution in [-0.2, 0) is 4.79 Å². The molecule has 11 heteroatoms. The zero-order valence-corrected chi connectivity index (χ0v) is 20.2. The minimum Gasteiger partial charge on any atom is -0.482 e. The lowest BCUT2D eigenvalue weighted by Crippen LogP contribution is -2.47. The van der Waals surface area contributed by atoms with Crippen molar-refractivity contribution < 1.29 is 14.3 Å². The second-order valence-corrected chi connectivity index (χ2v) is 8.81. The number of nitrogens with zero attached hydrogens (tertiary/aromatic N) is 2. The predicted molar refractivity (Wildman–Crippen MR) is 131 cm³/mol. The van der Waals surface area contributed by atoms with Crippen LogP contribution in [0.25, 0.3) is 0 Å². The first-order chi connectivity index (χ1) is 15.2. The highest BCUT2D eigenvalue weighted by Gasteiger charge is 2.21. The van der Waals surface area contributed by atoms with Gasteiger partial charge in [-0.1, -0.05) is 34.8 Å². The van der Waals surface area contributed by atoms with Gasteiger partial charge in [-0.3, -0.25) is 14.9 Å². The molecule has 2 aromatic carbocycles. The Morgan fingerprint density at radius 1 is 1.03 bits per heavy atom. The summed E-state index contributed by atoms with van der Waals surface area (Å²) >= 11 is 23.3. The van der Waals surface area contributed by atoms with E-state index in [0.29, 0.717) is 45.2 Å². The number of thiocarbonyl (C=S) groups is 1. The van der Waals surface area contributed by atoms with E-state index in [1.807, 2.05) is 7.05 Å². The number of anilines is 1. The van der Waals surface area contributed by atoms with Crippen molar-refractivity contribution in [3.05, 3.63) is 57.0 Å². The maximum absolute atomic E-state index is 12.8. The summed E-state index contributed by atoms with van der Waals surface area (Å²) in [6, 6.07) is 9.58. The summed E-state index contributed by atoms with van der Waals surface area (Å²) in [6.07, 6.45) is 0. The smallest absolute Gasteiger partial charge is 0.264 e. The molecule has 2 N–H and O–H groups in total. The number of hydrogen-bond acceptors (Lipinski definition) is 5. The normalized spacial score (nSPS) is 14.1. The van der Waals surface area contributed by atoms with Crippen molar-refractivity contribution >= 4 is 69.6 Å². The van der Waals surface area contributed by atoms with Crippen LogP contribution in [0.2, 0.25) is 15.1 Å². The van der Waals surface area contributed by atoms with E-state index >= 15 is 0 Å². The Kier molecular flexibility index (Phi) is 8.56. The van der Waals surface area contributed by atoms with Gasteiger partial charge in [0.05, 0.1) is 15.7 Å². The largest absolute Gasteiger partial charge is 0.482 e. The van der Waals surface area contributed by atoms with Crippen LogP contribution in [0.5, 0.6) is 5.75 Å². The highest BCUT2D eigenvalue weighted by molar-refractivity contribution is 7.80. The molecular formula is C21H21Cl3N4O3S. The van der Waals surface area contributed by atoms with Crippen molar-refractivity contribution in [1.29, 1.82) is 0 Å². The van der Waals surface area contributed by atoms with Crippen LogP contribution in [-0.4, -0.2) is 66.6 Å². The lowest BCUT2D eigenvalue weighted by atomic mass is 10.1. The van der Waals surface area contributed by atoms with Crippen LogP contribution in [0.1, 0.15) is 10.4 Å². The Morgan fingerprint density at radius 2 is 1.75 bits per heavy atom. The van der Waals surface area contributed by atoms with Crippen molar-refractivity contribution in [2.45, 2.75) is 0 Å². The lowest BCUT2D eigenvalue weighted by Gasteiger charge is -2.32. The maximum Gasteiger partial charge on any atom is 0.264 e. The summed E-state index contributed by atoms with van der Waals surface area (Å²) in [6.45, 7) is 2.66. The van der Waals surface area contributed by atoms with E-state index in [4.69, 9.17) is 51.8 Å². The number of hydrogen-bond donors (Lipinski definition) is 2. The van der Waals surface area contributed by atoms with Gasteiger partial charge in [0.15, 0.2) is 11.7 Å². The molecule has 2 aromatic rings. The summed E-state index contributed by atoms with van der Waals surface area (Å²) in [4.78, 5) is 28.9. The number of rotatable bonds is 5. The number of halogens is 3. The van der Waals surface area contributed by atoms with Crippen molar-refractivity contribution in [2.75, 3.05) is 45.2 Å². The molecule has 1 aliphatic heterocycles. The topological polar surface area (TPSA) is 73.9 Å². The molecule has 2 amide bonds. The molecule has 1 heterocycles. The van der Waals surface area contributed by atoms with Gasteiger partial charge in [-0.05, 0) is 55.7 Å². The molecule has 0 saturated carbocycles. The first kappa shape index (κ1) is 24.5. The van der Waals surface area contributed by atoms with Crippen LogP contribution in [0.4, 0.5) is 5.69 Å². The minimum atomic E-state index is -0.491. The summed E-state index contributed by atoms with van der Waals surface area (Å²) in [7, 11) is 2.02. The molecule has 32 heavy (non-hydrogen) atoms. The van der Waals surface area contributed by atoms with Crippen LogP contribution in [0.3, 0.4) is 0 Å². The highest BCUT2D eigenvalue weighted by Crippen LogP contribution is 2.27. The second kappa shape index (κ2) is 11.2. The van der Waals surface area contributed by atoms with Gasteiger partial charge in [0.1, 0.15) is 5.75 Å². The zero-order valence-electron chi connectivity index (χ0n) is 17.2. The first-order valence-electron chi connectivity index (χ1n) is 9.69. The highest BCUT2D eigenvalue weighted by atomic mass is 35.5. The Bertz CT molecular complexity index is 1030. The van der Waals surface area contributed by atoms with Gasteiger partial charge in [-0.15, -0.1) is 0 Å². The molecule has 0 aliphatic carbocycles. The van der Waals surface area contributed by atoms with Crippen molar-refractivity contribution in [3.63, 3.8) is 0 Å². The number of ether oxygens (including phenoxy) is 1. The summed E-state index contributed by atoms with van der Waals surface area (Å²) < 4.78 is 5.38. The van der Waals surface area contributed by atoms with Crippen molar-refractivity contribution in [3.8, 4) is 5.75 Å². The molecular weight excluding hydrogens is 495 g/mol. The third kappa shape index (κ3) is 6.70. The van der Waals surface area contributed by atoms with Gasteiger partial charge in [0.25, 0.3) is 11.8 Å². The SMILES string of the molecule is CN1CCN(C(=O)c2ccc(Cl)c(NC(=S)NC(=O)COc3ccc(Cl)cc3Cl)c2)CC1. The number of carbonyl (C=O) groups is 2. The van der Waals surface area contributed by atoms with Crippen molar-refractivity contribution in [2.24, 2.45) is 0 Å². The Balaban J connectivity index is 1.56. The second-order valence-electron chi connectivity index (χ2n) is 7.16. The lowest BCUT2D eigenvalue weighted by molar-refractivity contribution is -0.121. The first-order valence-corrected chi connectivity index (χ1v) is 11.2. The molecule has 1 saturated heterocycles. The standard InChI is InChI=1S/C21H21Cl3N4O3S/c1-27-6-8-28(9-7-27)20(30)13-2-4-15(23)17(10-13)25-21(32)26-19(29)12-31-18-5-3-14(22)11-16(18)24/h2-5,10-11H,6-9,12H2,1H3,(H2,25,26,29,32). The third-order valence-corrected chi connectivity index (χ3v) is 5.82. The molecule has 0 spiro atoms. The molecule has 0 atom stereocenters. The average molecular weight is 516 g/mol. The Hall–Kier alpha value is -2.10. The molecule has 170 valence electrons. The average Bonchev–Trinajstić information content (AvgIpc) is 2.74. The fourth-order valence-electron chi connectivity index (χ4n) is 3.00. The Morgan fingerprint density at radius 3 is 2.44 bits per heavy atom. The molecule has 0 bridgehead atoms. The van der Waals surface area contributed by atoms with Gasteiger partial charge in [0.2, 0.25) is 0 Å². The molecule has 7 nitrogen and oxygen atoms in total. The van der Waals surface area contributed by atoms with Crippen molar-refractivity contribution in [1.82, 2.24) is 15.1 Å². The van der Waals surface area contributed by atoms with E-state index < -0.39 is 5.91 Å². The van der Waals surface area contributed by atoms with Crippen LogP contribution < -0.4 is 15.4 Å². The predicted octanol–water partition coefficient (Wildman–Crippen LogP) is 3.93. The molecule has 0 unspecified atom stereocenters. The van der Waals surface area contributed by atoms with E-state index in [0.717, 1.165) is 13.1 Å². The molecule has 1 aliphatic rings. The minimum absolute atomic E-state index is 0.0203. The number of piperazine rings is 1. The van der Waals surface area contributed by atoms with Gasteiger partial charge in [-0.25, -0.2) is 0 Å². The number of nitrogens with one attached hydrogen (secondary N) is 2. The molecule has 1 fully saturated rings. The van der Waals surface area contributed by atoms with Crippen LogP contribution >= 0.6 is 47.0 Å². The van der Waals surface area contributed by atoms with Gasteiger partial charge < -0.3 is 19.9 Å². The number of likely N-dealkylation sites (N-methyl/N-ethyl adjacent to an activating group) is 1. The summed E-state index contributed by atoms with van der Waals surface area (Å²) in [5.74, 6) is -0.251. The number of carbonyl (C=O) groups excluding carboxylic acids is 2. The van der Waals surface area contributed by atoms with E-state index in [2.05, 4.69) is 15.5 Å².